The number of pyridine rings is 1. The van der Waals surface area contributed by atoms with Crippen LogP contribution >= 0.6 is 23.2 Å². The second-order valence-electron chi connectivity index (χ2n) is 8.43. The molecule has 2 heterocycles. The van der Waals surface area contributed by atoms with E-state index in [2.05, 4.69) is 16.8 Å². The highest BCUT2D eigenvalue weighted by molar-refractivity contribution is 6.36. The molecule has 4 rings (SSSR count). The number of hydrogen-bond acceptors (Lipinski definition) is 5. The molecule has 1 unspecified atom stereocenters. The van der Waals surface area contributed by atoms with Gasteiger partial charge in [0, 0.05) is 54.1 Å². The first-order valence-corrected chi connectivity index (χ1v) is 12.2. The van der Waals surface area contributed by atoms with Gasteiger partial charge in [-0.15, -0.1) is 0 Å². The number of rotatable bonds is 6. The maximum Gasteiger partial charge on any atom is 0.253 e. The number of anilines is 1. The van der Waals surface area contributed by atoms with E-state index in [0.29, 0.717) is 21.9 Å². The molecule has 3 aromatic rings. The number of nitrogens with zero attached hydrogens (tertiary/aromatic N) is 3. The summed E-state index contributed by atoms with van der Waals surface area (Å²) in [6.45, 7) is 8.09. The van der Waals surface area contributed by atoms with Gasteiger partial charge in [0.25, 0.3) is 5.91 Å². The molecule has 1 amide bonds. The van der Waals surface area contributed by atoms with E-state index in [-0.39, 0.29) is 16.7 Å². The molecule has 0 aliphatic carbocycles. The normalized spacial score (nSPS) is 15.2. The zero-order valence-electron chi connectivity index (χ0n) is 19.6. The highest BCUT2D eigenvalue weighted by atomic mass is 35.5. The van der Waals surface area contributed by atoms with E-state index < -0.39 is 11.9 Å². The van der Waals surface area contributed by atoms with Crippen LogP contribution in [0.15, 0.2) is 48.7 Å². The molecule has 0 spiro atoms. The Morgan fingerprint density at radius 1 is 1.11 bits per heavy atom. The minimum absolute atomic E-state index is 0.0319. The van der Waals surface area contributed by atoms with Gasteiger partial charge in [-0.1, -0.05) is 42.3 Å². The van der Waals surface area contributed by atoms with E-state index in [1.54, 1.807) is 19.2 Å². The molecule has 184 valence electrons. The summed E-state index contributed by atoms with van der Waals surface area (Å²) in [5.41, 5.74) is 8.62. The quantitative estimate of drug-likeness (QED) is 0.425. The fraction of sp³-hybridized carbons (Fsp3) is 0.308. The van der Waals surface area contributed by atoms with Gasteiger partial charge in [-0.05, 0) is 49.4 Å². The van der Waals surface area contributed by atoms with Crippen LogP contribution in [0.2, 0.25) is 10.0 Å². The Hall–Kier alpha value is -2.87. The van der Waals surface area contributed by atoms with Crippen LogP contribution in [0.25, 0.3) is 11.1 Å². The highest BCUT2D eigenvalue weighted by Gasteiger charge is 2.22. The van der Waals surface area contributed by atoms with Gasteiger partial charge in [0.05, 0.1) is 5.02 Å². The average Bonchev–Trinajstić information content (AvgIpc) is 2.87. The number of hydrogen-bond donors (Lipinski definition) is 1. The lowest BCUT2D eigenvalue weighted by molar-refractivity contribution is 0.0643. The minimum Gasteiger partial charge on any atom is -0.482 e. The van der Waals surface area contributed by atoms with Gasteiger partial charge in [-0.3, -0.25) is 4.79 Å². The summed E-state index contributed by atoms with van der Waals surface area (Å²) < 4.78 is 19.9. The van der Waals surface area contributed by atoms with Crippen molar-refractivity contribution in [1.82, 2.24) is 14.8 Å². The molecule has 0 bridgehead atoms. The first kappa shape index (κ1) is 25.2. The number of nitrogen functional groups attached to an aromatic ring is 1. The molecule has 9 heteroatoms. The van der Waals surface area contributed by atoms with Crippen molar-refractivity contribution in [3.63, 3.8) is 0 Å². The molecule has 0 radical (unpaired) electrons. The van der Waals surface area contributed by atoms with E-state index in [9.17, 15) is 9.18 Å². The van der Waals surface area contributed by atoms with Crippen molar-refractivity contribution in [1.29, 1.82) is 0 Å². The van der Waals surface area contributed by atoms with Gasteiger partial charge in [-0.2, -0.15) is 0 Å². The van der Waals surface area contributed by atoms with Crippen LogP contribution in [0.1, 0.15) is 35.9 Å². The van der Waals surface area contributed by atoms with E-state index in [1.807, 2.05) is 29.2 Å². The average molecular weight is 517 g/mol. The molecule has 1 atom stereocenters. The largest absolute Gasteiger partial charge is 0.482 e. The predicted octanol–water partition coefficient (Wildman–Crippen LogP) is 5.69. The van der Waals surface area contributed by atoms with Crippen molar-refractivity contribution in [2.45, 2.75) is 20.0 Å². The summed E-state index contributed by atoms with van der Waals surface area (Å²) in [7, 11) is 0. The highest BCUT2D eigenvalue weighted by Crippen LogP contribution is 2.37. The smallest absolute Gasteiger partial charge is 0.253 e. The summed E-state index contributed by atoms with van der Waals surface area (Å²) in [6.07, 6.45) is 0.966. The monoisotopic (exact) mass is 516 g/mol. The van der Waals surface area contributed by atoms with Crippen molar-refractivity contribution < 1.29 is 13.9 Å². The number of piperazine rings is 1. The Kier molecular flexibility index (Phi) is 7.79. The van der Waals surface area contributed by atoms with Crippen molar-refractivity contribution in [3.8, 4) is 16.9 Å². The summed E-state index contributed by atoms with van der Waals surface area (Å²) in [4.78, 5) is 21.4. The molecule has 1 saturated heterocycles. The Bertz CT molecular complexity index is 1210. The molecule has 35 heavy (non-hydrogen) atoms. The summed E-state index contributed by atoms with van der Waals surface area (Å²) in [5.74, 6) is -0.0460. The first-order chi connectivity index (χ1) is 16.8. The molecule has 1 aliphatic rings. The van der Waals surface area contributed by atoms with Crippen molar-refractivity contribution >= 4 is 34.9 Å². The lowest BCUT2D eigenvalue weighted by atomic mass is 10.0. The van der Waals surface area contributed by atoms with Crippen LogP contribution < -0.4 is 10.5 Å². The van der Waals surface area contributed by atoms with Crippen molar-refractivity contribution in [2.75, 3.05) is 38.5 Å². The van der Waals surface area contributed by atoms with Crippen LogP contribution in [0.3, 0.4) is 0 Å². The lowest BCUT2D eigenvalue weighted by Crippen LogP contribution is -2.48. The Morgan fingerprint density at radius 2 is 1.80 bits per heavy atom. The fourth-order valence-electron chi connectivity index (χ4n) is 4.13. The molecule has 1 aromatic heterocycles. The van der Waals surface area contributed by atoms with Crippen LogP contribution in [0.4, 0.5) is 10.2 Å². The van der Waals surface area contributed by atoms with Crippen LogP contribution in [-0.2, 0) is 0 Å². The van der Waals surface area contributed by atoms with Gasteiger partial charge in [0.2, 0.25) is 0 Å². The second kappa shape index (κ2) is 10.8. The Morgan fingerprint density at radius 3 is 2.46 bits per heavy atom. The Balaban J connectivity index is 1.51. The summed E-state index contributed by atoms with van der Waals surface area (Å²) >= 11 is 12.3. The van der Waals surface area contributed by atoms with Crippen LogP contribution in [-0.4, -0.2) is 53.4 Å². The van der Waals surface area contributed by atoms with Crippen molar-refractivity contribution in [3.05, 3.63) is 75.7 Å². The van der Waals surface area contributed by atoms with E-state index >= 15 is 0 Å². The first-order valence-electron chi connectivity index (χ1n) is 11.5. The number of likely N-dealkylation sites (N-methyl/N-ethyl adjacent to an activating group) is 1. The maximum atomic E-state index is 14.0. The van der Waals surface area contributed by atoms with Crippen molar-refractivity contribution in [2.24, 2.45) is 0 Å². The molecule has 2 N–H and O–H groups in total. The van der Waals surface area contributed by atoms with Gasteiger partial charge >= 0.3 is 0 Å². The molecular weight excluding hydrogens is 490 g/mol. The summed E-state index contributed by atoms with van der Waals surface area (Å²) in [6, 6.07) is 11.8. The number of nitrogens with two attached hydrogens (primary N) is 1. The third-order valence-corrected chi connectivity index (χ3v) is 6.96. The molecule has 6 nitrogen and oxygen atoms in total. The van der Waals surface area contributed by atoms with Gasteiger partial charge in [-0.25, -0.2) is 9.37 Å². The van der Waals surface area contributed by atoms with E-state index in [0.717, 1.165) is 43.9 Å². The van der Waals surface area contributed by atoms with Crippen LogP contribution in [0, 0.1) is 5.82 Å². The molecule has 2 aromatic carbocycles. The number of aromatic nitrogens is 1. The molecule has 0 saturated carbocycles. The third-order valence-electron chi connectivity index (χ3n) is 6.24. The molecular formula is C26H27Cl2FN4O2. The Labute approximate surface area is 214 Å². The van der Waals surface area contributed by atoms with E-state index in [4.69, 9.17) is 33.7 Å². The summed E-state index contributed by atoms with van der Waals surface area (Å²) in [5, 5.41) is 0.201. The number of carbonyl (C=O) groups excluding carboxylic acids is 1. The van der Waals surface area contributed by atoms with Gasteiger partial charge in [0.1, 0.15) is 11.9 Å². The minimum atomic E-state index is -0.668. The molecule has 1 aliphatic heterocycles. The second-order valence-corrected chi connectivity index (χ2v) is 9.21. The number of halogens is 3. The van der Waals surface area contributed by atoms with Gasteiger partial charge in [0.15, 0.2) is 11.6 Å². The maximum absolute atomic E-state index is 14.0. The van der Waals surface area contributed by atoms with Crippen LogP contribution in [0.5, 0.6) is 5.75 Å². The topological polar surface area (TPSA) is 71.7 Å². The fourth-order valence-corrected chi connectivity index (χ4v) is 4.81. The lowest BCUT2D eigenvalue weighted by Gasteiger charge is -2.34. The predicted molar refractivity (Wildman–Crippen MR) is 138 cm³/mol. The third kappa shape index (κ3) is 5.53. The SMILES string of the molecule is CCN1CCN(C(=O)c2ccc(-c3cnc(N)c(OC(C)c4c(Cl)ccc(F)c4Cl)c3)cc2)CC1. The number of ether oxygens (including phenoxy) is 1. The zero-order valence-corrected chi connectivity index (χ0v) is 21.1. The number of benzene rings is 2. The van der Waals surface area contributed by atoms with Gasteiger partial charge < -0.3 is 20.3 Å². The number of amides is 1. The number of carbonyl (C=O) groups is 1. The zero-order chi connectivity index (χ0) is 25.1. The standard InChI is InChI=1S/C26H27Cl2FN4O2/c1-3-32-10-12-33(13-11-32)26(34)18-6-4-17(5-7-18)19-14-22(25(30)31-15-19)35-16(2)23-20(27)8-9-21(29)24(23)28/h4-9,14-16H,3,10-13H2,1-2H3,(H2,30,31). The van der Waals surface area contributed by atoms with E-state index in [1.165, 1.54) is 12.1 Å². The molecule has 1 fully saturated rings.